The summed E-state index contributed by atoms with van der Waals surface area (Å²) in [6.07, 6.45) is 3.59. The second-order valence-electron chi connectivity index (χ2n) is 4.25. The molecule has 4 heteroatoms. The largest absolute Gasteiger partial charge is 0.507 e. The summed E-state index contributed by atoms with van der Waals surface area (Å²) in [5, 5.41) is 9.65. The van der Waals surface area contributed by atoms with Crippen molar-refractivity contribution in [1.82, 2.24) is 0 Å². The number of hydrogen-bond donors (Lipinski definition) is 1. The smallest absolute Gasteiger partial charge is 0.345 e. The molecule has 0 aliphatic heterocycles. The molecule has 0 radical (unpaired) electrons. The Balaban J connectivity index is 2.13. The maximum absolute atomic E-state index is 11.5. The third kappa shape index (κ3) is 2.52. The number of rotatable bonds is 4. The molecule has 0 bridgehead atoms. The summed E-state index contributed by atoms with van der Waals surface area (Å²) in [6.45, 7) is 0.591. The number of carbonyl (C=O) groups is 1. The number of ether oxygens (including phenoxy) is 2. The first-order valence-corrected chi connectivity index (χ1v) is 5.75. The van der Waals surface area contributed by atoms with E-state index in [0.717, 1.165) is 0 Å². The van der Waals surface area contributed by atoms with Gasteiger partial charge in [-0.2, -0.15) is 0 Å². The molecule has 0 atom stereocenters. The fourth-order valence-corrected chi connectivity index (χ4v) is 1.81. The van der Waals surface area contributed by atoms with E-state index in [2.05, 4.69) is 4.74 Å². The molecule has 2 rings (SSSR count). The van der Waals surface area contributed by atoms with Crippen molar-refractivity contribution in [3.8, 4) is 11.5 Å². The molecule has 92 valence electrons. The monoisotopic (exact) mass is 236 g/mol. The van der Waals surface area contributed by atoms with Crippen molar-refractivity contribution in [2.24, 2.45) is 5.92 Å². The lowest BCUT2D eigenvalue weighted by atomic mass is 9.86. The normalized spacial score (nSPS) is 15.1. The van der Waals surface area contributed by atoms with E-state index in [0.29, 0.717) is 18.3 Å². The fraction of sp³-hybridized carbons (Fsp3) is 0.462. The van der Waals surface area contributed by atoms with Crippen molar-refractivity contribution in [1.29, 1.82) is 0 Å². The lowest BCUT2D eigenvalue weighted by Gasteiger charge is -2.25. The van der Waals surface area contributed by atoms with Gasteiger partial charge in [-0.05, 0) is 30.9 Å². The Morgan fingerprint density at radius 1 is 1.47 bits per heavy atom. The molecule has 0 spiro atoms. The zero-order valence-electron chi connectivity index (χ0n) is 9.81. The highest BCUT2D eigenvalue weighted by Crippen LogP contribution is 2.31. The first kappa shape index (κ1) is 11.8. The summed E-state index contributed by atoms with van der Waals surface area (Å²) in [6, 6.07) is 4.77. The maximum atomic E-state index is 11.5. The summed E-state index contributed by atoms with van der Waals surface area (Å²) in [5.74, 6) is 0.279. The standard InChI is InChI=1S/C13H16O4/c1-16-13(15)12-10(14)6-3-7-11(12)17-8-9-4-2-5-9/h3,6-7,9,14H,2,4-5,8H2,1H3. The first-order valence-electron chi connectivity index (χ1n) is 5.75. The van der Waals surface area contributed by atoms with Crippen LogP contribution in [0.1, 0.15) is 29.6 Å². The van der Waals surface area contributed by atoms with Gasteiger partial charge in [0.1, 0.15) is 17.1 Å². The summed E-state index contributed by atoms with van der Waals surface area (Å²) < 4.78 is 10.2. The highest BCUT2D eigenvalue weighted by atomic mass is 16.5. The number of aromatic hydroxyl groups is 1. The van der Waals surface area contributed by atoms with Gasteiger partial charge in [-0.1, -0.05) is 12.5 Å². The Hall–Kier alpha value is -1.71. The molecule has 4 nitrogen and oxygen atoms in total. The van der Waals surface area contributed by atoms with E-state index in [1.165, 1.54) is 32.4 Å². The van der Waals surface area contributed by atoms with Gasteiger partial charge >= 0.3 is 5.97 Å². The molecule has 1 aliphatic rings. The van der Waals surface area contributed by atoms with Gasteiger partial charge in [0.15, 0.2) is 0 Å². The van der Waals surface area contributed by atoms with E-state index in [1.807, 2.05) is 0 Å². The fourth-order valence-electron chi connectivity index (χ4n) is 1.81. The van der Waals surface area contributed by atoms with Crippen LogP contribution in [-0.2, 0) is 4.74 Å². The first-order chi connectivity index (χ1) is 8.22. The van der Waals surface area contributed by atoms with Gasteiger partial charge in [0, 0.05) is 0 Å². The second kappa shape index (κ2) is 5.08. The van der Waals surface area contributed by atoms with Crippen LogP contribution in [0.5, 0.6) is 11.5 Å². The molecule has 1 saturated carbocycles. The lowest BCUT2D eigenvalue weighted by Crippen LogP contribution is -2.20. The van der Waals surface area contributed by atoms with E-state index < -0.39 is 5.97 Å². The van der Waals surface area contributed by atoms with Gasteiger partial charge in [0.2, 0.25) is 0 Å². The van der Waals surface area contributed by atoms with Gasteiger partial charge in [0.05, 0.1) is 13.7 Å². The van der Waals surface area contributed by atoms with E-state index in [4.69, 9.17) is 4.74 Å². The third-order valence-corrected chi connectivity index (χ3v) is 3.09. The number of methoxy groups -OCH3 is 1. The zero-order chi connectivity index (χ0) is 12.3. The number of esters is 1. The van der Waals surface area contributed by atoms with E-state index in [-0.39, 0.29) is 11.3 Å². The minimum absolute atomic E-state index is 0.106. The van der Waals surface area contributed by atoms with Crippen molar-refractivity contribution in [3.63, 3.8) is 0 Å². The summed E-state index contributed by atoms with van der Waals surface area (Å²) >= 11 is 0. The van der Waals surface area contributed by atoms with Gasteiger partial charge in [0.25, 0.3) is 0 Å². The van der Waals surface area contributed by atoms with Crippen LogP contribution in [0.15, 0.2) is 18.2 Å². The SMILES string of the molecule is COC(=O)c1c(O)cccc1OCC1CCC1. The van der Waals surface area contributed by atoms with E-state index in [1.54, 1.807) is 12.1 Å². The van der Waals surface area contributed by atoms with Gasteiger partial charge < -0.3 is 14.6 Å². The lowest BCUT2D eigenvalue weighted by molar-refractivity contribution is 0.0590. The van der Waals surface area contributed by atoms with Crippen molar-refractivity contribution in [2.75, 3.05) is 13.7 Å². The number of benzene rings is 1. The number of phenolic OH excluding ortho intramolecular Hbond substituents is 1. The van der Waals surface area contributed by atoms with E-state index in [9.17, 15) is 9.90 Å². The average Bonchev–Trinajstić information content (AvgIpc) is 2.26. The molecule has 0 saturated heterocycles. The topological polar surface area (TPSA) is 55.8 Å². The van der Waals surface area contributed by atoms with Crippen LogP contribution in [0.3, 0.4) is 0 Å². The van der Waals surface area contributed by atoms with Crippen LogP contribution < -0.4 is 4.74 Å². The molecule has 1 aromatic carbocycles. The molecular formula is C13H16O4. The Kier molecular flexibility index (Phi) is 3.52. The van der Waals surface area contributed by atoms with Crippen molar-refractivity contribution in [3.05, 3.63) is 23.8 Å². The highest BCUT2D eigenvalue weighted by Gasteiger charge is 2.21. The highest BCUT2D eigenvalue weighted by molar-refractivity contribution is 5.95. The van der Waals surface area contributed by atoms with Crippen molar-refractivity contribution >= 4 is 5.97 Å². The van der Waals surface area contributed by atoms with Gasteiger partial charge in [-0.25, -0.2) is 4.79 Å². The predicted octanol–water partition coefficient (Wildman–Crippen LogP) is 2.36. The molecule has 1 aliphatic carbocycles. The third-order valence-electron chi connectivity index (χ3n) is 3.09. The van der Waals surface area contributed by atoms with Crippen LogP contribution in [-0.4, -0.2) is 24.8 Å². The molecule has 0 aromatic heterocycles. The molecule has 1 aromatic rings. The van der Waals surface area contributed by atoms with Crippen LogP contribution in [0.4, 0.5) is 0 Å². The van der Waals surface area contributed by atoms with Crippen LogP contribution in [0, 0.1) is 5.92 Å². The summed E-state index contributed by atoms with van der Waals surface area (Å²) in [4.78, 5) is 11.5. The van der Waals surface area contributed by atoms with Gasteiger partial charge in [-0.15, -0.1) is 0 Å². The van der Waals surface area contributed by atoms with E-state index >= 15 is 0 Å². The second-order valence-corrected chi connectivity index (χ2v) is 4.25. The van der Waals surface area contributed by atoms with Crippen molar-refractivity contribution < 1.29 is 19.4 Å². The van der Waals surface area contributed by atoms with Crippen LogP contribution in [0.2, 0.25) is 0 Å². The quantitative estimate of drug-likeness (QED) is 0.815. The Labute approximate surface area is 100 Å². The Morgan fingerprint density at radius 2 is 2.24 bits per heavy atom. The average molecular weight is 236 g/mol. The molecular weight excluding hydrogens is 220 g/mol. The van der Waals surface area contributed by atoms with Gasteiger partial charge in [-0.3, -0.25) is 0 Å². The minimum Gasteiger partial charge on any atom is -0.507 e. The summed E-state index contributed by atoms with van der Waals surface area (Å²) in [7, 11) is 1.28. The predicted molar refractivity (Wildman–Crippen MR) is 62.3 cm³/mol. The zero-order valence-corrected chi connectivity index (χ0v) is 9.81. The molecule has 0 amide bonds. The molecule has 0 unspecified atom stereocenters. The Bertz CT molecular complexity index is 410. The summed E-state index contributed by atoms with van der Waals surface area (Å²) in [5.41, 5.74) is 0.106. The maximum Gasteiger partial charge on any atom is 0.345 e. The molecule has 1 N–H and O–H groups in total. The molecule has 1 fully saturated rings. The number of carbonyl (C=O) groups excluding carboxylic acids is 1. The van der Waals surface area contributed by atoms with Crippen LogP contribution >= 0.6 is 0 Å². The minimum atomic E-state index is -0.577. The van der Waals surface area contributed by atoms with Crippen LogP contribution in [0.25, 0.3) is 0 Å². The van der Waals surface area contributed by atoms with Crippen molar-refractivity contribution in [2.45, 2.75) is 19.3 Å². The Morgan fingerprint density at radius 3 is 2.82 bits per heavy atom. The number of hydrogen-bond acceptors (Lipinski definition) is 4. The number of phenols is 1. The molecule has 17 heavy (non-hydrogen) atoms. The molecule has 0 heterocycles.